The van der Waals surface area contributed by atoms with E-state index in [1.165, 1.54) is 0 Å². The Morgan fingerprint density at radius 3 is 1.33 bits per heavy atom. The summed E-state index contributed by atoms with van der Waals surface area (Å²) in [5.41, 5.74) is -0.446. The summed E-state index contributed by atoms with van der Waals surface area (Å²) in [5.74, 6) is 0.150. The Bertz CT molecular complexity index is 453. The Morgan fingerprint density at radius 1 is 0.667 bits per heavy atom. The van der Waals surface area contributed by atoms with Crippen molar-refractivity contribution < 1.29 is 4.79 Å². The fourth-order valence-corrected chi connectivity index (χ4v) is 3.10. The van der Waals surface area contributed by atoms with Crippen LogP contribution in [0.15, 0.2) is 0 Å². The Hall–Kier alpha value is -0.530. The highest BCUT2D eigenvalue weighted by Crippen LogP contribution is 2.51. The zero-order valence-corrected chi connectivity index (χ0v) is 19.1. The molecule has 24 heavy (non-hydrogen) atoms. The van der Waals surface area contributed by atoms with Crippen molar-refractivity contribution in [1.82, 2.24) is 5.32 Å². The van der Waals surface area contributed by atoms with E-state index >= 15 is 0 Å². The second-order valence-electron chi connectivity index (χ2n) is 12.1. The van der Waals surface area contributed by atoms with E-state index in [1.54, 1.807) is 0 Å². The van der Waals surface area contributed by atoms with E-state index in [4.69, 9.17) is 0 Å². The van der Waals surface area contributed by atoms with Gasteiger partial charge in [0.15, 0.2) is 0 Å². The molecular formula is C22H45NO. The summed E-state index contributed by atoms with van der Waals surface area (Å²) in [6, 6.07) is 0. The van der Waals surface area contributed by atoms with Gasteiger partial charge in [0.05, 0.1) is 0 Å². The van der Waals surface area contributed by atoms with Crippen molar-refractivity contribution in [2.24, 2.45) is 27.1 Å². The smallest absolute Gasteiger partial charge is 0.226 e. The number of carbonyl (C=O) groups excluding carboxylic acids is 1. The van der Waals surface area contributed by atoms with Crippen molar-refractivity contribution in [3.8, 4) is 0 Å². The molecule has 0 spiro atoms. The third-order valence-electron chi connectivity index (χ3n) is 7.37. The lowest BCUT2D eigenvalue weighted by Crippen LogP contribution is -2.57. The first kappa shape index (κ1) is 23.5. The molecule has 2 nitrogen and oxygen atoms in total. The maximum absolute atomic E-state index is 13.2. The van der Waals surface area contributed by atoms with Crippen LogP contribution in [-0.4, -0.2) is 11.4 Å². The van der Waals surface area contributed by atoms with E-state index < -0.39 is 5.41 Å². The number of nitrogens with one attached hydrogen (secondary N) is 1. The predicted molar refractivity (Wildman–Crippen MR) is 107 cm³/mol. The van der Waals surface area contributed by atoms with E-state index in [0.717, 1.165) is 6.42 Å². The Balaban J connectivity index is 5.43. The first-order chi connectivity index (χ1) is 10.1. The average molecular weight is 340 g/mol. The van der Waals surface area contributed by atoms with E-state index in [9.17, 15) is 4.79 Å². The van der Waals surface area contributed by atoms with Crippen molar-refractivity contribution in [2.75, 3.05) is 0 Å². The molecule has 0 aliphatic carbocycles. The van der Waals surface area contributed by atoms with Gasteiger partial charge in [-0.25, -0.2) is 0 Å². The summed E-state index contributed by atoms with van der Waals surface area (Å²) >= 11 is 0. The highest BCUT2D eigenvalue weighted by Gasteiger charge is 2.51. The average Bonchev–Trinajstić information content (AvgIpc) is 2.22. The number of carbonyl (C=O) groups is 1. The van der Waals surface area contributed by atoms with Gasteiger partial charge in [-0.05, 0) is 41.9 Å². The van der Waals surface area contributed by atoms with E-state index in [1.807, 2.05) is 0 Å². The molecule has 1 amide bonds. The topological polar surface area (TPSA) is 29.1 Å². The molecule has 0 aromatic heterocycles. The van der Waals surface area contributed by atoms with Gasteiger partial charge in [-0.1, -0.05) is 83.1 Å². The van der Waals surface area contributed by atoms with Crippen LogP contribution in [0.4, 0.5) is 0 Å². The largest absolute Gasteiger partial charge is 0.351 e. The molecule has 0 atom stereocenters. The van der Waals surface area contributed by atoms with Crippen LogP contribution in [0.2, 0.25) is 0 Å². The monoisotopic (exact) mass is 339 g/mol. The highest BCUT2D eigenvalue weighted by molar-refractivity contribution is 5.83. The van der Waals surface area contributed by atoms with Gasteiger partial charge in [0.25, 0.3) is 0 Å². The molecule has 144 valence electrons. The van der Waals surface area contributed by atoms with Crippen LogP contribution in [0.25, 0.3) is 0 Å². The molecule has 0 rings (SSSR count). The Kier molecular flexibility index (Phi) is 6.18. The molecule has 0 bridgehead atoms. The summed E-state index contributed by atoms with van der Waals surface area (Å²) in [6.45, 7) is 31.0. The molecule has 0 heterocycles. The lowest BCUT2D eigenvalue weighted by Gasteiger charge is -2.51. The predicted octanol–water partition coefficient (Wildman–Crippen LogP) is 6.44. The van der Waals surface area contributed by atoms with E-state index in [2.05, 4.69) is 102 Å². The quantitative estimate of drug-likeness (QED) is 0.613. The summed E-state index contributed by atoms with van der Waals surface area (Å²) in [6.07, 6.45) is 0.946. The highest BCUT2D eigenvalue weighted by atomic mass is 16.2. The maximum Gasteiger partial charge on any atom is 0.226 e. The molecule has 0 aliphatic heterocycles. The van der Waals surface area contributed by atoms with Gasteiger partial charge in [-0.15, -0.1) is 0 Å². The van der Waals surface area contributed by atoms with Crippen LogP contribution in [0.5, 0.6) is 0 Å². The van der Waals surface area contributed by atoms with E-state index in [-0.39, 0.29) is 33.1 Å². The minimum absolute atomic E-state index is 0.0443. The minimum Gasteiger partial charge on any atom is -0.351 e. The maximum atomic E-state index is 13.2. The molecule has 2 heteroatoms. The van der Waals surface area contributed by atoms with Gasteiger partial charge < -0.3 is 5.32 Å². The van der Waals surface area contributed by atoms with Crippen molar-refractivity contribution >= 4 is 5.91 Å². The van der Waals surface area contributed by atoms with Crippen LogP contribution in [0.1, 0.15) is 103 Å². The summed E-state index contributed by atoms with van der Waals surface area (Å²) in [5, 5.41) is 3.36. The summed E-state index contributed by atoms with van der Waals surface area (Å²) < 4.78 is 0. The lowest BCUT2D eigenvalue weighted by atomic mass is 9.55. The first-order valence-electron chi connectivity index (χ1n) is 9.41. The number of hydrogen-bond donors (Lipinski definition) is 1. The zero-order chi connectivity index (χ0) is 20.0. The number of rotatable bonds is 5. The SMILES string of the molecule is CC(C)(CC(C)(C)C(C)(C)C)NC(=O)C(C)(C)C(C)(C)C(C)(C)C. The fourth-order valence-electron chi connectivity index (χ4n) is 3.10. The molecule has 0 unspecified atom stereocenters. The van der Waals surface area contributed by atoms with Gasteiger partial charge in [0.1, 0.15) is 0 Å². The third-order valence-corrected chi connectivity index (χ3v) is 7.37. The molecular weight excluding hydrogens is 294 g/mol. The summed E-state index contributed by atoms with van der Waals surface area (Å²) in [7, 11) is 0. The number of amides is 1. The fraction of sp³-hybridized carbons (Fsp3) is 0.955. The van der Waals surface area contributed by atoms with Crippen LogP contribution in [-0.2, 0) is 4.79 Å². The van der Waals surface area contributed by atoms with Gasteiger partial charge in [-0.3, -0.25) is 4.79 Å². The second kappa shape index (κ2) is 6.32. The van der Waals surface area contributed by atoms with Crippen molar-refractivity contribution in [2.45, 2.75) is 109 Å². The third kappa shape index (κ3) is 4.76. The minimum atomic E-state index is -0.450. The Labute approximate surface area is 152 Å². The standard InChI is InChI=1S/C22H45NO/c1-17(2,3)19(7,8)15-20(9,10)23-16(24)21(11,12)22(13,14)18(4,5)6/h15H2,1-14H3,(H,23,24). The normalized spacial score (nSPS) is 15.4. The lowest BCUT2D eigenvalue weighted by molar-refractivity contribution is -0.143. The molecule has 1 N–H and O–H groups in total. The van der Waals surface area contributed by atoms with E-state index in [0.29, 0.717) is 0 Å². The van der Waals surface area contributed by atoms with Gasteiger partial charge in [-0.2, -0.15) is 0 Å². The molecule has 0 radical (unpaired) electrons. The molecule has 0 fully saturated rings. The van der Waals surface area contributed by atoms with Crippen LogP contribution in [0, 0.1) is 27.1 Å². The summed E-state index contributed by atoms with van der Waals surface area (Å²) in [4.78, 5) is 13.2. The number of hydrogen-bond acceptors (Lipinski definition) is 1. The van der Waals surface area contributed by atoms with Crippen LogP contribution < -0.4 is 5.32 Å². The first-order valence-corrected chi connectivity index (χ1v) is 9.41. The van der Waals surface area contributed by atoms with Crippen molar-refractivity contribution in [3.05, 3.63) is 0 Å². The van der Waals surface area contributed by atoms with Crippen LogP contribution >= 0.6 is 0 Å². The molecule has 0 saturated heterocycles. The van der Waals surface area contributed by atoms with Gasteiger partial charge in [0.2, 0.25) is 5.91 Å². The van der Waals surface area contributed by atoms with Crippen molar-refractivity contribution in [3.63, 3.8) is 0 Å². The van der Waals surface area contributed by atoms with Gasteiger partial charge in [0, 0.05) is 11.0 Å². The zero-order valence-electron chi connectivity index (χ0n) is 19.1. The molecule has 0 aromatic rings. The molecule has 0 saturated carbocycles. The molecule has 0 aliphatic rings. The second-order valence-corrected chi connectivity index (χ2v) is 12.1. The van der Waals surface area contributed by atoms with Crippen LogP contribution in [0.3, 0.4) is 0 Å². The van der Waals surface area contributed by atoms with Gasteiger partial charge >= 0.3 is 0 Å². The van der Waals surface area contributed by atoms with Crippen molar-refractivity contribution in [1.29, 1.82) is 0 Å². The molecule has 0 aromatic carbocycles. The Morgan fingerprint density at radius 2 is 1.04 bits per heavy atom.